The highest BCUT2D eigenvalue weighted by Gasteiger charge is 2.01. The molecule has 0 saturated heterocycles. The molecule has 0 radical (unpaired) electrons. The lowest BCUT2D eigenvalue weighted by atomic mass is 10.3. The van der Waals surface area contributed by atoms with E-state index >= 15 is 0 Å². The van der Waals surface area contributed by atoms with Crippen molar-refractivity contribution in [1.82, 2.24) is 9.55 Å². The van der Waals surface area contributed by atoms with E-state index in [1.54, 1.807) is 38.3 Å². The number of aryl methyl sites for hydroxylation is 1. The number of benzene rings is 1. The third-order valence-electron chi connectivity index (χ3n) is 2.85. The van der Waals surface area contributed by atoms with Gasteiger partial charge in [-0.3, -0.25) is 14.3 Å². The van der Waals surface area contributed by atoms with E-state index in [2.05, 4.69) is 4.98 Å². The van der Waals surface area contributed by atoms with Crippen LogP contribution in [0.5, 0.6) is 11.5 Å². The maximum Gasteiger partial charge on any atom is 0.328 e. The molecule has 2 rings (SSSR count). The molecule has 0 unspecified atom stereocenters. The molecular weight excluding hydrogens is 260 g/mol. The van der Waals surface area contributed by atoms with Crippen LogP contribution >= 0.6 is 0 Å². The molecule has 20 heavy (non-hydrogen) atoms. The molecule has 1 aromatic carbocycles. The second kappa shape index (κ2) is 6.10. The van der Waals surface area contributed by atoms with Gasteiger partial charge in [-0.2, -0.15) is 0 Å². The zero-order valence-electron chi connectivity index (χ0n) is 11.4. The van der Waals surface area contributed by atoms with Crippen LogP contribution in [0.2, 0.25) is 0 Å². The van der Waals surface area contributed by atoms with Gasteiger partial charge in [0, 0.05) is 11.8 Å². The lowest BCUT2D eigenvalue weighted by molar-refractivity contribution is 0.294. The van der Waals surface area contributed by atoms with Gasteiger partial charge >= 0.3 is 5.69 Å². The number of aromatic nitrogens is 2. The highest BCUT2D eigenvalue weighted by atomic mass is 16.5. The van der Waals surface area contributed by atoms with Gasteiger partial charge in [-0.15, -0.1) is 0 Å². The summed E-state index contributed by atoms with van der Waals surface area (Å²) in [6.07, 6.45) is 1.53. The third-order valence-corrected chi connectivity index (χ3v) is 2.85. The van der Waals surface area contributed by atoms with Crippen molar-refractivity contribution in [1.29, 1.82) is 0 Å². The Hall–Kier alpha value is -2.50. The first-order chi connectivity index (χ1) is 9.60. The second-order valence-electron chi connectivity index (χ2n) is 4.29. The van der Waals surface area contributed by atoms with Crippen LogP contribution in [0, 0.1) is 6.92 Å². The fraction of sp³-hybridized carbons (Fsp3) is 0.286. The van der Waals surface area contributed by atoms with Crippen LogP contribution in [0.4, 0.5) is 0 Å². The minimum atomic E-state index is -0.432. The van der Waals surface area contributed by atoms with Crippen molar-refractivity contribution < 1.29 is 9.47 Å². The lowest BCUT2D eigenvalue weighted by Crippen LogP contribution is -2.32. The van der Waals surface area contributed by atoms with Crippen molar-refractivity contribution in [2.45, 2.75) is 13.5 Å². The summed E-state index contributed by atoms with van der Waals surface area (Å²) in [6.45, 7) is 2.35. The fourth-order valence-corrected chi connectivity index (χ4v) is 1.72. The maximum absolute atomic E-state index is 11.6. The quantitative estimate of drug-likeness (QED) is 0.881. The largest absolute Gasteiger partial charge is 0.497 e. The SMILES string of the molecule is COc1ccc(OCCn2cc(C)c(=O)[nH]c2=O)cc1. The Kier molecular flexibility index (Phi) is 4.24. The number of H-pyrrole nitrogens is 1. The summed E-state index contributed by atoms with van der Waals surface area (Å²) < 4.78 is 12.0. The first-order valence-electron chi connectivity index (χ1n) is 6.17. The molecule has 0 amide bonds. The van der Waals surface area contributed by atoms with Crippen LogP contribution in [0.3, 0.4) is 0 Å². The monoisotopic (exact) mass is 276 g/mol. The molecule has 0 bridgehead atoms. The van der Waals surface area contributed by atoms with Crippen LogP contribution in [-0.2, 0) is 6.54 Å². The van der Waals surface area contributed by atoms with E-state index in [0.717, 1.165) is 5.75 Å². The Morgan fingerprint density at radius 1 is 1.15 bits per heavy atom. The molecule has 2 aromatic rings. The molecule has 0 spiro atoms. The van der Waals surface area contributed by atoms with E-state index in [0.29, 0.717) is 24.5 Å². The van der Waals surface area contributed by atoms with Gasteiger partial charge in [0.2, 0.25) is 0 Å². The van der Waals surface area contributed by atoms with E-state index < -0.39 is 5.69 Å². The zero-order chi connectivity index (χ0) is 14.5. The Balaban J connectivity index is 1.97. The number of hydrogen-bond acceptors (Lipinski definition) is 4. The Morgan fingerprint density at radius 3 is 2.45 bits per heavy atom. The molecule has 1 heterocycles. The van der Waals surface area contributed by atoms with Crippen LogP contribution in [0.1, 0.15) is 5.56 Å². The topological polar surface area (TPSA) is 73.3 Å². The van der Waals surface area contributed by atoms with Gasteiger partial charge in [0.05, 0.1) is 13.7 Å². The Bertz CT molecular complexity index is 686. The van der Waals surface area contributed by atoms with Crippen molar-refractivity contribution in [2.24, 2.45) is 0 Å². The molecule has 0 aliphatic rings. The van der Waals surface area contributed by atoms with Crippen LogP contribution in [0.15, 0.2) is 40.1 Å². The molecule has 0 atom stereocenters. The average Bonchev–Trinajstić information content (AvgIpc) is 2.45. The van der Waals surface area contributed by atoms with E-state index in [9.17, 15) is 9.59 Å². The molecule has 0 aliphatic carbocycles. The van der Waals surface area contributed by atoms with Crippen molar-refractivity contribution in [3.05, 3.63) is 56.9 Å². The number of rotatable bonds is 5. The van der Waals surface area contributed by atoms with E-state index in [4.69, 9.17) is 9.47 Å². The first kappa shape index (κ1) is 13.9. The van der Waals surface area contributed by atoms with Crippen molar-refractivity contribution in [3.8, 4) is 11.5 Å². The summed E-state index contributed by atoms with van der Waals surface area (Å²) in [5.41, 5.74) is -0.296. The summed E-state index contributed by atoms with van der Waals surface area (Å²) in [5.74, 6) is 1.45. The van der Waals surface area contributed by atoms with Gasteiger partial charge in [-0.05, 0) is 31.2 Å². The molecule has 6 heteroatoms. The van der Waals surface area contributed by atoms with Gasteiger partial charge in [-0.25, -0.2) is 4.79 Å². The standard InChI is InChI=1S/C14H16N2O4/c1-10-9-16(14(18)15-13(10)17)7-8-20-12-5-3-11(19-2)4-6-12/h3-6,9H,7-8H2,1-2H3,(H,15,17,18). The zero-order valence-corrected chi connectivity index (χ0v) is 11.4. The van der Waals surface area contributed by atoms with Gasteiger partial charge in [0.15, 0.2) is 0 Å². The molecule has 1 N–H and O–H groups in total. The average molecular weight is 276 g/mol. The van der Waals surface area contributed by atoms with Crippen molar-refractivity contribution >= 4 is 0 Å². The number of ether oxygens (including phenoxy) is 2. The highest BCUT2D eigenvalue weighted by Crippen LogP contribution is 2.16. The number of nitrogens with one attached hydrogen (secondary N) is 1. The van der Waals surface area contributed by atoms with Crippen LogP contribution < -0.4 is 20.7 Å². The summed E-state index contributed by atoms with van der Waals surface area (Å²) in [7, 11) is 1.60. The summed E-state index contributed by atoms with van der Waals surface area (Å²) in [4.78, 5) is 25.0. The van der Waals surface area contributed by atoms with Gasteiger partial charge in [-0.1, -0.05) is 0 Å². The molecular formula is C14H16N2O4. The predicted octanol–water partition coefficient (Wildman–Crippen LogP) is 0.933. The Labute approximate surface area is 115 Å². The molecule has 0 saturated carbocycles. The van der Waals surface area contributed by atoms with Gasteiger partial charge in [0.1, 0.15) is 18.1 Å². The number of nitrogens with zero attached hydrogens (tertiary/aromatic N) is 1. The van der Waals surface area contributed by atoms with Crippen molar-refractivity contribution in [3.63, 3.8) is 0 Å². The van der Waals surface area contributed by atoms with E-state index in [1.165, 1.54) is 10.8 Å². The number of aromatic amines is 1. The van der Waals surface area contributed by atoms with Crippen LogP contribution in [-0.4, -0.2) is 23.3 Å². The fourth-order valence-electron chi connectivity index (χ4n) is 1.72. The van der Waals surface area contributed by atoms with Gasteiger partial charge < -0.3 is 9.47 Å². The summed E-state index contributed by atoms with van der Waals surface area (Å²) in [6, 6.07) is 7.18. The summed E-state index contributed by atoms with van der Waals surface area (Å²) in [5, 5.41) is 0. The van der Waals surface area contributed by atoms with E-state index in [1.807, 2.05) is 0 Å². The molecule has 0 aliphatic heterocycles. The highest BCUT2D eigenvalue weighted by molar-refractivity contribution is 5.31. The first-order valence-corrected chi connectivity index (χ1v) is 6.17. The number of methoxy groups -OCH3 is 1. The minimum Gasteiger partial charge on any atom is -0.497 e. The molecule has 6 nitrogen and oxygen atoms in total. The molecule has 0 fully saturated rings. The van der Waals surface area contributed by atoms with Gasteiger partial charge in [0.25, 0.3) is 5.56 Å². The smallest absolute Gasteiger partial charge is 0.328 e. The van der Waals surface area contributed by atoms with Crippen molar-refractivity contribution in [2.75, 3.05) is 13.7 Å². The normalized spacial score (nSPS) is 10.3. The number of hydrogen-bond donors (Lipinski definition) is 1. The third kappa shape index (κ3) is 3.28. The summed E-state index contributed by atoms with van der Waals surface area (Å²) >= 11 is 0. The van der Waals surface area contributed by atoms with Crippen LogP contribution in [0.25, 0.3) is 0 Å². The minimum absolute atomic E-state index is 0.331. The molecule has 106 valence electrons. The van der Waals surface area contributed by atoms with E-state index in [-0.39, 0.29) is 5.56 Å². The second-order valence-corrected chi connectivity index (χ2v) is 4.29. The predicted molar refractivity (Wildman–Crippen MR) is 74.5 cm³/mol. The lowest BCUT2D eigenvalue weighted by Gasteiger charge is -2.09. The Morgan fingerprint density at radius 2 is 1.80 bits per heavy atom. The molecule has 1 aromatic heterocycles. The maximum atomic E-state index is 11.6.